The van der Waals surface area contributed by atoms with E-state index >= 15 is 0 Å². The Bertz CT molecular complexity index is 343. The van der Waals surface area contributed by atoms with Crippen molar-refractivity contribution in [1.82, 2.24) is 14.9 Å². The van der Waals surface area contributed by atoms with Crippen molar-refractivity contribution in [3.05, 3.63) is 12.3 Å². The highest BCUT2D eigenvalue weighted by atomic mass is 32.2. The molecule has 3 N–H and O–H groups in total. The maximum absolute atomic E-state index is 11.3. The topological polar surface area (TPSA) is 95.1 Å². The number of H-pyrrole nitrogens is 1. The zero-order valence-corrected chi connectivity index (χ0v) is 7.87. The van der Waals surface area contributed by atoms with E-state index < -0.39 is 16.1 Å². The van der Waals surface area contributed by atoms with Crippen LogP contribution in [0.2, 0.25) is 0 Å². The maximum Gasteiger partial charge on any atom is 0.257 e. The average Bonchev–Trinajstić information content (AvgIpc) is 2.53. The second-order valence-electron chi connectivity index (χ2n) is 2.62. The Morgan fingerprint density at radius 3 is 2.92 bits per heavy atom. The minimum Gasteiger partial charge on any atom is -0.392 e. The lowest BCUT2D eigenvalue weighted by atomic mass is 10.4. The summed E-state index contributed by atoms with van der Waals surface area (Å²) in [6.45, 7) is 1.48. The van der Waals surface area contributed by atoms with Crippen LogP contribution in [0.15, 0.2) is 17.3 Å². The van der Waals surface area contributed by atoms with Crippen molar-refractivity contribution in [2.45, 2.75) is 18.1 Å². The summed E-state index contributed by atoms with van der Waals surface area (Å²) in [7, 11) is -3.54. The molecule has 1 aromatic rings. The summed E-state index contributed by atoms with van der Waals surface area (Å²) in [5.41, 5.74) is 0. The second kappa shape index (κ2) is 3.86. The summed E-state index contributed by atoms with van der Waals surface area (Å²) in [5.74, 6) is 0. The number of sulfonamides is 1. The predicted molar refractivity (Wildman–Crippen MR) is 45.5 cm³/mol. The molecule has 0 aromatic carbocycles. The molecule has 0 bridgehead atoms. The van der Waals surface area contributed by atoms with Gasteiger partial charge in [-0.3, -0.25) is 5.10 Å². The molecule has 7 heteroatoms. The first-order valence-corrected chi connectivity index (χ1v) is 5.18. The monoisotopic (exact) mass is 205 g/mol. The van der Waals surface area contributed by atoms with Crippen molar-refractivity contribution in [2.24, 2.45) is 0 Å². The number of hydrogen-bond acceptors (Lipinski definition) is 4. The van der Waals surface area contributed by atoms with Crippen LogP contribution in [0.3, 0.4) is 0 Å². The van der Waals surface area contributed by atoms with Gasteiger partial charge in [0, 0.05) is 6.54 Å². The molecule has 0 unspecified atom stereocenters. The molecule has 6 nitrogen and oxygen atoms in total. The van der Waals surface area contributed by atoms with Crippen LogP contribution in [0.1, 0.15) is 6.92 Å². The highest BCUT2D eigenvalue weighted by Gasteiger charge is 2.15. The van der Waals surface area contributed by atoms with Gasteiger partial charge in [-0.25, -0.2) is 13.1 Å². The van der Waals surface area contributed by atoms with Gasteiger partial charge in [-0.2, -0.15) is 5.10 Å². The summed E-state index contributed by atoms with van der Waals surface area (Å²) in [6.07, 6.45) is 0.634. The summed E-state index contributed by atoms with van der Waals surface area (Å²) in [4.78, 5) is 0. The zero-order valence-electron chi connectivity index (χ0n) is 7.06. The van der Waals surface area contributed by atoms with Gasteiger partial charge in [0.05, 0.1) is 12.3 Å². The number of rotatable bonds is 4. The van der Waals surface area contributed by atoms with Gasteiger partial charge in [-0.05, 0) is 13.0 Å². The van der Waals surface area contributed by atoms with Crippen LogP contribution in [0.4, 0.5) is 0 Å². The van der Waals surface area contributed by atoms with Crippen LogP contribution in [0, 0.1) is 0 Å². The highest BCUT2D eigenvalue weighted by molar-refractivity contribution is 7.89. The van der Waals surface area contributed by atoms with Gasteiger partial charge in [0.15, 0.2) is 5.03 Å². The third-order valence-corrected chi connectivity index (χ3v) is 2.69. The molecule has 0 aliphatic carbocycles. The number of aromatic nitrogens is 2. The molecular formula is C6H11N3O3S. The third kappa shape index (κ3) is 2.79. The largest absolute Gasteiger partial charge is 0.392 e. The Hall–Kier alpha value is -0.920. The van der Waals surface area contributed by atoms with E-state index in [0.29, 0.717) is 0 Å². The number of aliphatic hydroxyl groups is 1. The zero-order chi connectivity index (χ0) is 9.90. The Morgan fingerprint density at radius 1 is 1.77 bits per heavy atom. The van der Waals surface area contributed by atoms with Crippen LogP contribution in [0.25, 0.3) is 0 Å². The van der Waals surface area contributed by atoms with Crippen LogP contribution in [0.5, 0.6) is 0 Å². The summed E-state index contributed by atoms with van der Waals surface area (Å²) >= 11 is 0. The van der Waals surface area contributed by atoms with Gasteiger partial charge in [-0.1, -0.05) is 0 Å². The van der Waals surface area contributed by atoms with E-state index in [1.54, 1.807) is 0 Å². The smallest absolute Gasteiger partial charge is 0.257 e. The van der Waals surface area contributed by atoms with E-state index in [1.165, 1.54) is 19.2 Å². The van der Waals surface area contributed by atoms with Crippen molar-refractivity contribution in [2.75, 3.05) is 6.54 Å². The molecule has 1 aromatic heterocycles. The second-order valence-corrected chi connectivity index (χ2v) is 4.36. The fourth-order valence-electron chi connectivity index (χ4n) is 0.701. The molecule has 1 atom stereocenters. The van der Waals surface area contributed by atoms with E-state index in [4.69, 9.17) is 5.11 Å². The SMILES string of the molecule is C[C@@H](O)CNS(=O)(=O)c1ccn[nH]1. The summed E-state index contributed by atoms with van der Waals surface area (Å²) < 4.78 is 24.8. The molecule has 0 aliphatic heterocycles. The van der Waals surface area contributed by atoms with Crippen molar-refractivity contribution in [3.8, 4) is 0 Å². The van der Waals surface area contributed by atoms with Crippen LogP contribution < -0.4 is 4.72 Å². The highest BCUT2D eigenvalue weighted by Crippen LogP contribution is 2.01. The quantitative estimate of drug-likeness (QED) is 0.591. The van der Waals surface area contributed by atoms with Crippen molar-refractivity contribution in [3.63, 3.8) is 0 Å². The van der Waals surface area contributed by atoms with Gasteiger partial charge in [0.2, 0.25) is 0 Å². The lowest BCUT2D eigenvalue weighted by Gasteiger charge is -2.05. The van der Waals surface area contributed by atoms with Crippen molar-refractivity contribution in [1.29, 1.82) is 0 Å². The Kier molecular flexibility index (Phi) is 3.02. The van der Waals surface area contributed by atoms with E-state index in [1.807, 2.05) is 0 Å². The average molecular weight is 205 g/mol. The van der Waals surface area contributed by atoms with E-state index in [9.17, 15) is 8.42 Å². The molecule has 74 valence electrons. The Morgan fingerprint density at radius 2 is 2.46 bits per heavy atom. The van der Waals surface area contributed by atoms with Crippen molar-refractivity contribution >= 4 is 10.0 Å². The molecule has 0 spiro atoms. The predicted octanol–water partition coefficient (Wildman–Crippen LogP) is -0.931. The number of nitrogens with one attached hydrogen (secondary N) is 2. The van der Waals surface area contributed by atoms with Crippen LogP contribution >= 0.6 is 0 Å². The van der Waals surface area contributed by atoms with E-state index in [2.05, 4.69) is 14.9 Å². The molecule has 1 rings (SSSR count). The normalized spacial score (nSPS) is 14.3. The number of aliphatic hydroxyl groups excluding tert-OH is 1. The molecule has 0 radical (unpaired) electrons. The first kappa shape index (κ1) is 10.2. The van der Waals surface area contributed by atoms with E-state index in [0.717, 1.165) is 0 Å². The number of hydrogen-bond donors (Lipinski definition) is 3. The minimum atomic E-state index is -3.54. The molecule has 0 aliphatic rings. The lowest BCUT2D eigenvalue weighted by molar-refractivity contribution is 0.198. The maximum atomic E-state index is 11.3. The Labute approximate surface area is 76.0 Å². The fourth-order valence-corrected chi connectivity index (χ4v) is 1.73. The fraction of sp³-hybridized carbons (Fsp3) is 0.500. The molecule has 1 heterocycles. The van der Waals surface area contributed by atoms with Gasteiger partial charge in [0.25, 0.3) is 10.0 Å². The molecule has 0 saturated carbocycles. The van der Waals surface area contributed by atoms with Gasteiger partial charge in [0.1, 0.15) is 0 Å². The lowest BCUT2D eigenvalue weighted by Crippen LogP contribution is -2.30. The molecule has 0 amide bonds. The van der Waals surface area contributed by atoms with Crippen LogP contribution in [-0.4, -0.2) is 36.4 Å². The number of nitrogens with zero attached hydrogens (tertiary/aromatic N) is 1. The standard InChI is InChI=1S/C6H11N3O3S/c1-5(10)4-8-13(11,12)6-2-3-7-9-6/h2-3,5,8,10H,4H2,1H3,(H,7,9)/t5-/m1/s1. The molecule has 13 heavy (non-hydrogen) atoms. The van der Waals surface area contributed by atoms with Crippen LogP contribution in [-0.2, 0) is 10.0 Å². The van der Waals surface area contributed by atoms with E-state index in [-0.39, 0.29) is 11.6 Å². The first-order valence-electron chi connectivity index (χ1n) is 3.69. The summed E-state index contributed by atoms with van der Waals surface area (Å²) in [6, 6.07) is 1.34. The Balaban J connectivity index is 2.68. The van der Waals surface area contributed by atoms with Gasteiger partial charge >= 0.3 is 0 Å². The minimum absolute atomic E-state index is 0.00634. The first-order chi connectivity index (χ1) is 6.02. The van der Waals surface area contributed by atoms with Crippen molar-refractivity contribution < 1.29 is 13.5 Å². The summed E-state index contributed by atoms with van der Waals surface area (Å²) in [5, 5.41) is 14.7. The number of aromatic amines is 1. The molecule has 0 saturated heterocycles. The molecular weight excluding hydrogens is 194 g/mol. The molecule has 0 fully saturated rings. The third-order valence-electron chi connectivity index (χ3n) is 1.33. The van der Waals surface area contributed by atoms with Gasteiger partial charge < -0.3 is 5.11 Å². The van der Waals surface area contributed by atoms with Gasteiger partial charge in [-0.15, -0.1) is 0 Å².